The summed E-state index contributed by atoms with van der Waals surface area (Å²) in [5.41, 5.74) is -0.910. The van der Waals surface area contributed by atoms with Crippen molar-refractivity contribution in [3.8, 4) is 0 Å². The van der Waals surface area contributed by atoms with Gasteiger partial charge in [-0.05, 0) is 20.3 Å². The van der Waals surface area contributed by atoms with Crippen LogP contribution in [-0.2, 0) is 9.59 Å². The molecule has 0 aromatic rings. The second-order valence-electron chi connectivity index (χ2n) is 4.67. The fraction of sp³-hybridized carbons (Fsp3) is 0.800. The highest BCUT2D eigenvalue weighted by Gasteiger charge is 2.30. The highest BCUT2D eigenvalue weighted by molar-refractivity contribution is 5.90. The average Bonchev–Trinajstić information content (AvgIpc) is 2.47. The third kappa shape index (κ3) is 3.51. The van der Waals surface area contributed by atoms with E-state index in [1.54, 1.807) is 20.9 Å². The van der Waals surface area contributed by atoms with Crippen molar-refractivity contribution in [2.45, 2.75) is 38.3 Å². The number of rotatable bonds is 3. The van der Waals surface area contributed by atoms with Crippen LogP contribution in [0.1, 0.15) is 26.7 Å². The van der Waals surface area contributed by atoms with E-state index < -0.39 is 11.6 Å². The maximum absolute atomic E-state index is 11.8. The molecule has 1 aliphatic rings. The van der Waals surface area contributed by atoms with Crippen LogP contribution in [0.5, 0.6) is 0 Å². The Bertz CT molecular complexity index is 270. The summed E-state index contributed by atoms with van der Waals surface area (Å²) < 4.78 is 0. The van der Waals surface area contributed by atoms with Gasteiger partial charge in [0.25, 0.3) is 0 Å². The predicted octanol–water partition coefficient (Wildman–Crippen LogP) is -0.506. The Balaban J connectivity index is 2.50. The zero-order chi connectivity index (χ0) is 11.6. The van der Waals surface area contributed by atoms with Gasteiger partial charge in [0.15, 0.2) is 0 Å². The Hall–Kier alpha value is -1.10. The Morgan fingerprint density at radius 2 is 2.27 bits per heavy atom. The van der Waals surface area contributed by atoms with Crippen LogP contribution in [0.3, 0.4) is 0 Å². The van der Waals surface area contributed by atoms with Gasteiger partial charge in [0, 0.05) is 20.0 Å². The van der Waals surface area contributed by atoms with Crippen molar-refractivity contribution in [1.82, 2.24) is 10.2 Å². The van der Waals surface area contributed by atoms with E-state index >= 15 is 0 Å². The number of carbonyl (C=O) groups is 2. The third-order valence-electron chi connectivity index (χ3n) is 2.29. The van der Waals surface area contributed by atoms with E-state index in [1.807, 2.05) is 0 Å². The Morgan fingerprint density at radius 1 is 1.67 bits per heavy atom. The van der Waals surface area contributed by atoms with Gasteiger partial charge in [0.1, 0.15) is 6.04 Å². The fourth-order valence-electron chi connectivity index (χ4n) is 1.72. The Morgan fingerprint density at radius 3 is 2.67 bits per heavy atom. The number of carbonyl (C=O) groups excluding carboxylic acids is 2. The maximum atomic E-state index is 11.8. The molecule has 0 aromatic heterocycles. The summed E-state index contributed by atoms with van der Waals surface area (Å²) in [4.78, 5) is 24.2. The van der Waals surface area contributed by atoms with Gasteiger partial charge in [-0.2, -0.15) is 0 Å². The van der Waals surface area contributed by atoms with Crippen LogP contribution in [0, 0.1) is 0 Å². The molecule has 1 atom stereocenters. The van der Waals surface area contributed by atoms with E-state index in [2.05, 4.69) is 5.32 Å². The third-order valence-corrected chi connectivity index (χ3v) is 2.29. The standard InChI is InChI=1S/C10H18N2O3/c1-10(2,15)6-12(3)9(14)7-4-5-8(13)11-7/h7,15H,4-6H2,1-3H3,(H,11,13)/t7-/m1/s1. The molecular weight excluding hydrogens is 196 g/mol. The van der Waals surface area contributed by atoms with Crippen molar-refractivity contribution in [1.29, 1.82) is 0 Å². The topological polar surface area (TPSA) is 69.6 Å². The van der Waals surface area contributed by atoms with E-state index in [1.165, 1.54) is 4.90 Å². The van der Waals surface area contributed by atoms with E-state index in [0.29, 0.717) is 12.8 Å². The van der Waals surface area contributed by atoms with Crippen LogP contribution in [0.4, 0.5) is 0 Å². The number of aliphatic hydroxyl groups is 1. The average molecular weight is 214 g/mol. The van der Waals surface area contributed by atoms with Crippen LogP contribution in [0.2, 0.25) is 0 Å². The summed E-state index contributed by atoms with van der Waals surface area (Å²) in [6.45, 7) is 3.55. The largest absolute Gasteiger partial charge is 0.389 e. The molecule has 1 fully saturated rings. The van der Waals surface area contributed by atoms with Crippen molar-refractivity contribution >= 4 is 11.8 Å². The molecule has 15 heavy (non-hydrogen) atoms. The number of hydrogen-bond acceptors (Lipinski definition) is 3. The van der Waals surface area contributed by atoms with Crippen LogP contribution in [0.15, 0.2) is 0 Å². The smallest absolute Gasteiger partial charge is 0.245 e. The zero-order valence-corrected chi connectivity index (χ0v) is 9.41. The normalized spacial score (nSPS) is 21.3. The molecule has 0 bridgehead atoms. The van der Waals surface area contributed by atoms with Crippen LogP contribution in [-0.4, -0.2) is 47.1 Å². The molecular formula is C10H18N2O3. The van der Waals surface area contributed by atoms with Gasteiger partial charge in [0.2, 0.25) is 11.8 Å². The second kappa shape index (κ2) is 4.18. The summed E-state index contributed by atoms with van der Waals surface area (Å²) in [5, 5.41) is 12.2. The van der Waals surface area contributed by atoms with Gasteiger partial charge < -0.3 is 15.3 Å². The summed E-state index contributed by atoms with van der Waals surface area (Å²) >= 11 is 0. The van der Waals surface area contributed by atoms with Gasteiger partial charge in [-0.25, -0.2) is 0 Å². The van der Waals surface area contributed by atoms with Crippen molar-refractivity contribution < 1.29 is 14.7 Å². The van der Waals surface area contributed by atoms with Gasteiger partial charge in [-0.15, -0.1) is 0 Å². The van der Waals surface area contributed by atoms with Crippen LogP contribution >= 0.6 is 0 Å². The summed E-state index contributed by atoms with van der Waals surface area (Å²) in [7, 11) is 1.63. The molecule has 2 N–H and O–H groups in total. The van der Waals surface area contributed by atoms with E-state index in [-0.39, 0.29) is 18.4 Å². The lowest BCUT2D eigenvalue weighted by atomic mass is 10.1. The first kappa shape index (κ1) is 12.0. The molecule has 0 spiro atoms. The highest BCUT2D eigenvalue weighted by atomic mass is 16.3. The zero-order valence-electron chi connectivity index (χ0n) is 9.41. The predicted molar refractivity (Wildman–Crippen MR) is 55.1 cm³/mol. The molecule has 0 aliphatic carbocycles. The lowest BCUT2D eigenvalue weighted by molar-refractivity contribution is -0.135. The first-order valence-corrected chi connectivity index (χ1v) is 5.06. The first-order chi connectivity index (χ1) is 6.79. The molecule has 1 rings (SSSR count). The van der Waals surface area contributed by atoms with Gasteiger partial charge >= 0.3 is 0 Å². The van der Waals surface area contributed by atoms with Gasteiger partial charge in [0.05, 0.1) is 5.60 Å². The molecule has 0 aromatic carbocycles. The maximum Gasteiger partial charge on any atom is 0.245 e. The molecule has 1 heterocycles. The van der Waals surface area contributed by atoms with E-state index in [0.717, 1.165) is 0 Å². The molecule has 0 saturated carbocycles. The van der Waals surface area contributed by atoms with E-state index in [9.17, 15) is 14.7 Å². The lowest BCUT2D eigenvalue weighted by Crippen LogP contribution is -2.47. The number of hydrogen-bond donors (Lipinski definition) is 2. The fourth-order valence-corrected chi connectivity index (χ4v) is 1.72. The highest BCUT2D eigenvalue weighted by Crippen LogP contribution is 2.11. The minimum absolute atomic E-state index is 0.0787. The molecule has 86 valence electrons. The van der Waals surface area contributed by atoms with Crippen molar-refractivity contribution in [3.63, 3.8) is 0 Å². The Kier molecular flexibility index (Phi) is 3.34. The quantitative estimate of drug-likeness (QED) is 0.665. The molecule has 5 nitrogen and oxygen atoms in total. The first-order valence-electron chi connectivity index (χ1n) is 5.06. The molecule has 1 saturated heterocycles. The molecule has 0 unspecified atom stereocenters. The molecule has 5 heteroatoms. The summed E-state index contributed by atoms with van der Waals surface area (Å²) in [6, 6.07) is -0.412. The van der Waals surface area contributed by atoms with Crippen molar-refractivity contribution in [2.24, 2.45) is 0 Å². The minimum Gasteiger partial charge on any atom is -0.389 e. The SMILES string of the molecule is CN(CC(C)(C)O)C(=O)[C@H]1CCC(=O)N1. The van der Waals surface area contributed by atoms with Crippen molar-refractivity contribution in [2.75, 3.05) is 13.6 Å². The molecule has 2 amide bonds. The number of nitrogens with zero attached hydrogens (tertiary/aromatic N) is 1. The minimum atomic E-state index is -0.910. The lowest BCUT2D eigenvalue weighted by Gasteiger charge is -2.27. The Labute approximate surface area is 89.4 Å². The van der Waals surface area contributed by atoms with Gasteiger partial charge in [-0.3, -0.25) is 9.59 Å². The van der Waals surface area contributed by atoms with Crippen molar-refractivity contribution in [3.05, 3.63) is 0 Å². The summed E-state index contributed by atoms with van der Waals surface area (Å²) in [5.74, 6) is -0.215. The number of nitrogens with one attached hydrogen (secondary N) is 1. The van der Waals surface area contributed by atoms with Crippen LogP contribution in [0.25, 0.3) is 0 Å². The number of likely N-dealkylation sites (N-methyl/N-ethyl adjacent to an activating group) is 1. The van der Waals surface area contributed by atoms with Crippen LogP contribution < -0.4 is 5.32 Å². The molecule has 0 radical (unpaired) electrons. The van der Waals surface area contributed by atoms with E-state index in [4.69, 9.17) is 0 Å². The van der Waals surface area contributed by atoms with Gasteiger partial charge in [-0.1, -0.05) is 0 Å². The monoisotopic (exact) mass is 214 g/mol. The number of amides is 2. The second-order valence-corrected chi connectivity index (χ2v) is 4.67. The summed E-state index contributed by atoms with van der Waals surface area (Å²) in [6.07, 6.45) is 0.959. The molecule has 1 aliphatic heterocycles.